The molecule has 1 N–H and O–H groups in total. The summed E-state index contributed by atoms with van der Waals surface area (Å²) in [5.41, 5.74) is 4.61. The number of rotatable bonds is 7. The zero-order chi connectivity index (χ0) is 24.0. The van der Waals surface area contributed by atoms with Gasteiger partial charge in [0.15, 0.2) is 0 Å². The summed E-state index contributed by atoms with van der Waals surface area (Å²) in [7, 11) is 0. The number of anilines is 1. The van der Waals surface area contributed by atoms with Crippen molar-refractivity contribution in [2.24, 2.45) is 5.92 Å². The molecule has 1 aromatic heterocycles. The molecular weight excluding hydrogens is 438 g/mol. The molecule has 0 spiro atoms. The highest BCUT2D eigenvalue weighted by atomic mass is 16.5. The maximum absolute atomic E-state index is 12.8. The number of amides is 1. The summed E-state index contributed by atoms with van der Waals surface area (Å²) < 4.78 is 5.48. The van der Waals surface area contributed by atoms with Gasteiger partial charge < -0.3 is 14.7 Å². The van der Waals surface area contributed by atoms with Crippen LogP contribution in [-0.4, -0.2) is 47.1 Å². The number of nitrogens with one attached hydrogen (secondary N) is 1. The summed E-state index contributed by atoms with van der Waals surface area (Å²) in [6.07, 6.45) is 5.59. The molecule has 2 aliphatic rings. The van der Waals surface area contributed by atoms with Crippen molar-refractivity contribution in [2.75, 3.05) is 31.1 Å². The highest BCUT2D eigenvalue weighted by Crippen LogP contribution is 2.22. The van der Waals surface area contributed by atoms with Gasteiger partial charge >= 0.3 is 0 Å². The lowest BCUT2D eigenvalue weighted by Crippen LogP contribution is -2.40. The SMILES string of the molecule is Cc1ccc(-c2noc(CN3CCC(C(=O)NCc4ccc(N5CCCCC5)cc4)CC3)n2)cc1. The molecule has 1 amide bonds. The minimum absolute atomic E-state index is 0.0599. The summed E-state index contributed by atoms with van der Waals surface area (Å²) in [5.74, 6) is 1.46. The van der Waals surface area contributed by atoms with E-state index in [1.165, 1.54) is 30.5 Å². The minimum Gasteiger partial charge on any atom is -0.372 e. The Morgan fingerprint density at radius 1 is 0.971 bits per heavy atom. The zero-order valence-corrected chi connectivity index (χ0v) is 20.6. The van der Waals surface area contributed by atoms with Gasteiger partial charge in [0.25, 0.3) is 0 Å². The van der Waals surface area contributed by atoms with Crippen LogP contribution in [0.4, 0.5) is 5.69 Å². The molecule has 2 saturated heterocycles. The molecular formula is C28H35N5O2. The number of hydrogen-bond donors (Lipinski definition) is 1. The van der Waals surface area contributed by atoms with Crippen LogP contribution in [0.5, 0.6) is 0 Å². The first-order valence-corrected chi connectivity index (χ1v) is 12.9. The monoisotopic (exact) mass is 473 g/mol. The number of likely N-dealkylation sites (tertiary alicyclic amines) is 1. The van der Waals surface area contributed by atoms with E-state index in [0.717, 1.165) is 50.1 Å². The van der Waals surface area contributed by atoms with Gasteiger partial charge in [-0.3, -0.25) is 9.69 Å². The number of benzene rings is 2. The van der Waals surface area contributed by atoms with Crippen molar-refractivity contribution in [1.82, 2.24) is 20.4 Å². The number of aromatic nitrogens is 2. The van der Waals surface area contributed by atoms with E-state index in [1.54, 1.807) is 0 Å². The summed E-state index contributed by atoms with van der Waals surface area (Å²) in [5, 5.41) is 7.28. The number of nitrogens with zero attached hydrogens (tertiary/aromatic N) is 4. The van der Waals surface area contributed by atoms with Gasteiger partial charge in [-0.05, 0) is 69.8 Å². The fraction of sp³-hybridized carbons (Fsp3) is 0.464. The third-order valence-electron chi connectivity index (χ3n) is 7.22. The second kappa shape index (κ2) is 11.0. The quantitative estimate of drug-likeness (QED) is 0.542. The Hall–Kier alpha value is -3.19. The highest BCUT2D eigenvalue weighted by Gasteiger charge is 2.26. The Bertz CT molecular complexity index is 1100. The Labute approximate surface area is 207 Å². The summed E-state index contributed by atoms with van der Waals surface area (Å²) in [4.78, 5) is 22.1. The van der Waals surface area contributed by atoms with E-state index < -0.39 is 0 Å². The Morgan fingerprint density at radius 3 is 2.40 bits per heavy atom. The van der Waals surface area contributed by atoms with Crippen LogP contribution in [0, 0.1) is 12.8 Å². The van der Waals surface area contributed by atoms with Gasteiger partial charge in [0.1, 0.15) is 0 Å². The first-order valence-electron chi connectivity index (χ1n) is 12.9. The van der Waals surface area contributed by atoms with Crippen LogP contribution in [0.25, 0.3) is 11.4 Å². The van der Waals surface area contributed by atoms with Crippen molar-refractivity contribution in [3.63, 3.8) is 0 Å². The predicted molar refractivity (Wildman–Crippen MR) is 137 cm³/mol. The molecule has 0 aliphatic carbocycles. The van der Waals surface area contributed by atoms with Gasteiger partial charge in [-0.15, -0.1) is 0 Å². The lowest BCUT2D eigenvalue weighted by molar-refractivity contribution is -0.126. The number of carbonyl (C=O) groups excluding carboxylic acids is 1. The summed E-state index contributed by atoms with van der Waals surface area (Å²) in [6, 6.07) is 16.8. The number of carbonyl (C=O) groups is 1. The molecule has 0 atom stereocenters. The highest BCUT2D eigenvalue weighted by molar-refractivity contribution is 5.78. The van der Waals surface area contributed by atoms with E-state index in [-0.39, 0.29) is 11.8 Å². The van der Waals surface area contributed by atoms with E-state index in [1.807, 2.05) is 24.3 Å². The van der Waals surface area contributed by atoms with E-state index in [4.69, 9.17) is 4.52 Å². The van der Waals surface area contributed by atoms with Gasteiger partial charge in [0.05, 0.1) is 6.54 Å². The second-order valence-electron chi connectivity index (χ2n) is 9.86. The van der Waals surface area contributed by atoms with Crippen LogP contribution >= 0.6 is 0 Å². The normalized spacial score (nSPS) is 17.5. The maximum Gasteiger partial charge on any atom is 0.241 e. The van der Waals surface area contributed by atoms with E-state index in [0.29, 0.717) is 24.8 Å². The molecule has 2 aromatic carbocycles. The van der Waals surface area contributed by atoms with Crippen LogP contribution in [0.2, 0.25) is 0 Å². The van der Waals surface area contributed by atoms with Crippen molar-refractivity contribution in [3.8, 4) is 11.4 Å². The van der Waals surface area contributed by atoms with Gasteiger partial charge in [-0.25, -0.2) is 0 Å². The molecule has 184 valence electrons. The average Bonchev–Trinajstić information content (AvgIpc) is 3.37. The third-order valence-corrected chi connectivity index (χ3v) is 7.22. The Balaban J connectivity index is 1.05. The summed E-state index contributed by atoms with van der Waals surface area (Å²) in [6.45, 7) is 7.27. The molecule has 2 aliphatic heterocycles. The molecule has 5 rings (SSSR count). The van der Waals surface area contributed by atoms with Crippen molar-refractivity contribution >= 4 is 11.6 Å². The Kier molecular flexibility index (Phi) is 7.42. The lowest BCUT2D eigenvalue weighted by Gasteiger charge is -2.30. The van der Waals surface area contributed by atoms with Gasteiger partial charge in [-0.2, -0.15) is 4.98 Å². The van der Waals surface area contributed by atoms with Crippen LogP contribution in [0.1, 0.15) is 49.1 Å². The third kappa shape index (κ3) is 6.09. The summed E-state index contributed by atoms with van der Waals surface area (Å²) >= 11 is 0. The Morgan fingerprint density at radius 2 is 1.69 bits per heavy atom. The fourth-order valence-electron chi connectivity index (χ4n) is 4.99. The first kappa shape index (κ1) is 23.5. The van der Waals surface area contributed by atoms with E-state index >= 15 is 0 Å². The van der Waals surface area contributed by atoms with Crippen LogP contribution in [0.3, 0.4) is 0 Å². The zero-order valence-electron chi connectivity index (χ0n) is 20.6. The molecule has 0 radical (unpaired) electrons. The molecule has 2 fully saturated rings. The van der Waals surface area contributed by atoms with E-state index in [9.17, 15) is 4.79 Å². The van der Waals surface area contributed by atoms with Gasteiger partial charge in [-0.1, -0.05) is 47.1 Å². The van der Waals surface area contributed by atoms with Crippen molar-refractivity contribution in [2.45, 2.75) is 52.1 Å². The smallest absolute Gasteiger partial charge is 0.241 e. The second-order valence-corrected chi connectivity index (χ2v) is 9.86. The van der Waals surface area contributed by atoms with Crippen molar-refractivity contribution in [3.05, 3.63) is 65.5 Å². The molecule has 3 aromatic rings. The maximum atomic E-state index is 12.8. The largest absolute Gasteiger partial charge is 0.372 e. The number of aryl methyl sites for hydroxylation is 1. The standard InChI is InChI=1S/C28H35N5O2/c1-21-5-9-23(10-6-21)27-30-26(35-31-27)20-32-17-13-24(14-18-32)28(34)29-19-22-7-11-25(12-8-22)33-15-3-2-4-16-33/h5-12,24H,2-4,13-20H2,1H3,(H,29,34). The number of hydrogen-bond acceptors (Lipinski definition) is 6. The van der Waals surface area contributed by atoms with Crippen molar-refractivity contribution < 1.29 is 9.32 Å². The molecule has 0 bridgehead atoms. The number of piperidine rings is 2. The predicted octanol–water partition coefficient (Wildman–Crippen LogP) is 4.56. The van der Waals surface area contributed by atoms with Crippen LogP contribution in [0.15, 0.2) is 53.1 Å². The molecule has 0 unspecified atom stereocenters. The van der Waals surface area contributed by atoms with Crippen LogP contribution < -0.4 is 10.2 Å². The fourth-order valence-corrected chi connectivity index (χ4v) is 4.99. The molecule has 7 nitrogen and oxygen atoms in total. The van der Waals surface area contributed by atoms with Gasteiger partial charge in [0, 0.05) is 36.8 Å². The molecule has 35 heavy (non-hydrogen) atoms. The molecule has 0 saturated carbocycles. The van der Waals surface area contributed by atoms with Gasteiger partial charge in [0.2, 0.25) is 17.6 Å². The first-order chi connectivity index (χ1) is 17.1. The topological polar surface area (TPSA) is 74.5 Å². The van der Waals surface area contributed by atoms with Crippen LogP contribution in [-0.2, 0) is 17.9 Å². The molecule has 7 heteroatoms. The molecule has 3 heterocycles. The van der Waals surface area contributed by atoms with Crippen molar-refractivity contribution in [1.29, 1.82) is 0 Å². The van der Waals surface area contributed by atoms with E-state index in [2.05, 4.69) is 56.4 Å². The lowest BCUT2D eigenvalue weighted by atomic mass is 9.96. The minimum atomic E-state index is 0.0599. The average molecular weight is 474 g/mol.